The minimum absolute atomic E-state index is 0.219. The number of hydrogen-bond acceptors (Lipinski definition) is 4. The van der Waals surface area contributed by atoms with Gasteiger partial charge in [0.1, 0.15) is 18.2 Å². The summed E-state index contributed by atoms with van der Waals surface area (Å²) in [4.78, 5) is 26.7. The fourth-order valence-corrected chi connectivity index (χ4v) is 4.04. The number of carbonyl (C=O) groups excluding carboxylic acids is 2. The lowest BCUT2D eigenvalue weighted by atomic mass is 10.1. The number of para-hydroxylation sites is 1. The molecule has 2 amide bonds. The largest absolute Gasteiger partial charge is 0.488 e. The van der Waals surface area contributed by atoms with Crippen LogP contribution in [0.1, 0.15) is 34.3 Å². The van der Waals surface area contributed by atoms with Crippen LogP contribution in [0, 0.1) is 5.82 Å². The first-order valence-corrected chi connectivity index (χ1v) is 10.9. The van der Waals surface area contributed by atoms with Crippen LogP contribution < -0.4 is 15.8 Å². The Morgan fingerprint density at radius 1 is 1.03 bits per heavy atom. The van der Waals surface area contributed by atoms with Gasteiger partial charge in [0.05, 0.1) is 11.6 Å². The number of ether oxygens (including phenoxy) is 1. The first-order valence-electron chi connectivity index (χ1n) is 10.9. The molecule has 4 rings (SSSR count). The third kappa shape index (κ3) is 5.75. The van der Waals surface area contributed by atoms with E-state index < -0.39 is 0 Å². The first kappa shape index (κ1) is 22.5. The van der Waals surface area contributed by atoms with Gasteiger partial charge in [0.25, 0.3) is 5.91 Å². The van der Waals surface area contributed by atoms with Crippen molar-refractivity contribution < 1.29 is 18.7 Å². The van der Waals surface area contributed by atoms with Crippen molar-refractivity contribution in [3.05, 3.63) is 95.3 Å². The van der Waals surface area contributed by atoms with E-state index in [2.05, 4.69) is 10.2 Å². The predicted molar refractivity (Wildman–Crippen MR) is 124 cm³/mol. The summed E-state index contributed by atoms with van der Waals surface area (Å²) in [5.74, 6) is -0.459. The lowest BCUT2D eigenvalue weighted by Crippen LogP contribution is -2.39. The highest BCUT2D eigenvalue weighted by Crippen LogP contribution is 2.23. The molecule has 1 heterocycles. The van der Waals surface area contributed by atoms with Crippen molar-refractivity contribution in [3.63, 3.8) is 0 Å². The van der Waals surface area contributed by atoms with Crippen molar-refractivity contribution >= 4 is 17.5 Å². The van der Waals surface area contributed by atoms with E-state index >= 15 is 0 Å². The number of anilines is 1. The van der Waals surface area contributed by atoms with Gasteiger partial charge in [-0.1, -0.05) is 36.4 Å². The number of hydrogen-bond donors (Lipinski definition) is 2. The molecule has 0 saturated carbocycles. The van der Waals surface area contributed by atoms with Gasteiger partial charge in [-0.3, -0.25) is 14.5 Å². The SMILES string of the molecule is NC(=O)C1CCCN1Cc1cccc(NC(=O)c2ccccc2OCc2ccc(F)cc2)c1. The number of primary amides is 1. The van der Waals surface area contributed by atoms with Gasteiger partial charge < -0.3 is 15.8 Å². The maximum atomic E-state index is 13.1. The molecule has 3 aromatic carbocycles. The molecule has 0 aliphatic carbocycles. The zero-order chi connectivity index (χ0) is 23.2. The number of nitrogens with one attached hydrogen (secondary N) is 1. The van der Waals surface area contributed by atoms with Crippen LogP contribution in [-0.2, 0) is 17.9 Å². The van der Waals surface area contributed by atoms with Crippen molar-refractivity contribution in [2.75, 3.05) is 11.9 Å². The average Bonchev–Trinajstić information content (AvgIpc) is 3.27. The van der Waals surface area contributed by atoms with Gasteiger partial charge in [0, 0.05) is 12.2 Å². The molecule has 0 radical (unpaired) electrons. The van der Waals surface area contributed by atoms with Gasteiger partial charge in [-0.25, -0.2) is 4.39 Å². The Bertz CT molecular complexity index is 1130. The second kappa shape index (κ2) is 10.3. The van der Waals surface area contributed by atoms with Crippen molar-refractivity contribution in [3.8, 4) is 5.75 Å². The molecule has 3 aromatic rings. The van der Waals surface area contributed by atoms with Crippen LogP contribution in [0.3, 0.4) is 0 Å². The molecule has 3 N–H and O–H groups in total. The van der Waals surface area contributed by atoms with E-state index in [1.165, 1.54) is 12.1 Å². The molecule has 170 valence electrons. The van der Waals surface area contributed by atoms with E-state index in [4.69, 9.17) is 10.5 Å². The molecule has 7 heteroatoms. The topological polar surface area (TPSA) is 84.7 Å². The highest BCUT2D eigenvalue weighted by atomic mass is 19.1. The number of halogens is 1. The molecular formula is C26H26FN3O3. The van der Waals surface area contributed by atoms with Gasteiger partial charge in [-0.05, 0) is 66.9 Å². The monoisotopic (exact) mass is 447 g/mol. The molecule has 1 unspecified atom stereocenters. The summed E-state index contributed by atoms with van der Waals surface area (Å²) in [5, 5.41) is 2.92. The number of carbonyl (C=O) groups is 2. The molecule has 1 saturated heterocycles. The van der Waals surface area contributed by atoms with E-state index in [9.17, 15) is 14.0 Å². The number of likely N-dealkylation sites (tertiary alicyclic amines) is 1. The fraction of sp³-hybridized carbons (Fsp3) is 0.231. The van der Waals surface area contributed by atoms with Crippen LogP contribution in [-0.4, -0.2) is 29.3 Å². The summed E-state index contributed by atoms with van der Waals surface area (Å²) in [6.45, 7) is 1.63. The van der Waals surface area contributed by atoms with Gasteiger partial charge in [0.2, 0.25) is 5.91 Å². The van der Waals surface area contributed by atoms with Crippen LogP contribution >= 0.6 is 0 Å². The summed E-state index contributed by atoms with van der Waals surface area (Å²) in [7, 11) is 0. The van der Waals surface area contributed by atoms with Crippen molar-refractivity contribution in [2.45, 2.75) is 32.0 Å². The summed E-state index contributed by atoms with van der Waals surface area (Å²) in [6, 6.07) is 20.3. The van der Waals surface area contributed by atoms with E-state index in [0.717, 1.165) is 30.5 Å². The third-order valence-electron chi connectivity index (χ3n) is 5.70. The molecule has 1 fully saturated rings. The Kier molecular flexibility index (Phi) is 7.00. The first-order chi connectivity index (χ1) is 16.0. The van der Waals surface area contributed by atoms with Crippen molar-refractivity contribution in [1.82, 2.24) is 4.90 Å². The summed E-state index contributed by atoms with van der Waals surface area (Å²) >= 11 is 0. The maximum absolute atomic E-state index is 13.1. The molecule has 1 atom stereocenters. The Labute approximate surface area is 192 Å². The van der Waals surface area contributed by atoms with E-state index in [1.54, 1.807) is 36.4 Å². The molecule has 1 aliphatic rings. The van der Waals surface area contributed by atoms with Crippen LogP contribution in [0.25, 0.3) is 0 Å². The average molecular weight is 448 g/mol. The van der Waals surface area contributed by atoms with Gasteiger partial charge >= 0.3 is 0 Å². The minimum Gasteiger partial charge on any atom is -0.488 e. The summed E-state index contributed by atoms with van der Waals surface area (Å²) in [6.07, 6.45) is 1.72. The second-order valence-corrected chi connectivity index (χ2v) is 8.10. The zero-order valence-corrected chi connectivity index (χ0v) is 18.2. The molecular weight excluding hydrogens is 421 g/mol. The molecule has 0 bridgehead atoms. The zero-order valence-electron chi connectivity index (χ0n) is 18.2. The molecule has 6 nitrogen and oxygen atoms in total. The lowest BCUT2D eigenvalue weighted by Gasteiger charge is -2.22. The van der Waals surface area contributed by atoms with Gasteiger partial charge in [-0.15, -0.1) is 0 Å². The van der Waals surface area contributed by atoms with Crippen molar-refractivity contribution in [1.29, 1.82) is 0 Å². The summed E-state index contributed by atoms with van der Waals surface area (Å²) in [5.41, 5.74) is 8.36. The Morgan fingerprint density at radius 2 is 1.82 bits per heavy atom. The van der Waals surface area contributed by atoms with E-state index in [-0.39, 0.29) is 30.3 Å². The predicted octanol–water partition coefficient (Wildman–Crippen LogP) is 4.11. The lowest BCUT2D eigenvalue weighted by molar-refractivity contribution is -0.122. The highest BCUT2D eigenvalue weighted by Gasteiger charge is 2.28. The van der Waals surface area contributed by atoms with Crippen LogP contribution in [0.2, 0.25) is 0 Å². The van der Waals surface area contributed by atoms with Crippen molar-refractivity contribution in [2.24, 2.45) is 5.73 Å². The highest BCUT2D eigenvalue weighted by molar-refractivity contribution is 6.06. The second-order valence-electron chi connectivity index (χ2n) is 8.10. The molecule has 1 aliphatic heterocycles. The number of amides is 2. The third-order valence-corrected chi connectivity index (χ3v) is 5.70. The quantitative estimate of drug-likeness (QED) is 0.544. The maximum Gasteiger partial charge on any atom is 0.259 e. The van der Waals surface area contributed by atoms with Gasteiger partial charge in [0.15, 0.2) is 0 Å². The fourth-order valence-electron chi connectivity index (χ4n) is 4.04. The standard InChI is InChI=1S/C26H26FN3O3/c27-20-12-10-18(11-13-20)17-33-24-9-2-1-7-22(24)26(32)29-21-6-3-5-19(15-21)16-30-14-4-8-23(30)25(28)31/h1-3,5-7,9-13,15,23H,4,8,14,16-17H2,(H2,28,31)(H,29,32). The van der Waals surface area contributed by atoms with Crippen LogP contribution in [0.5, 0.6) is 5.75 Å². The number of nitrogens with zero attached hydrogens (tertiary/aromatic N) is 1. The molecule has 0 aromatic heterocycles. The smallest absolute Gasteiger partial charge is 0.259 e. The van der Waals surface area contributed by atoms with Crippen LogP contribution in [0.15, 0.2) is 72.8 Å². The Hall–Kier alpha value is -3.71. The molecule has 0 spiro atoms. The van der Waals surface area contributed by atoms with Crippen LogP contribution in [0.4, 0.5) is 10.1 Å². The van der Waals surface area contributed by atoms with E-state index in [0.29, 0.717) is 23.5 Å². The minimum atomic E-state index is -0.310. The van der Waals surface area contributed by atoms with E-state index in [1.807, 2.05) is 24.3 Å². The normalized spacial score (nSPS) is 15.8. The number of nitrogens with two attached hydrogens (primary N) is 1. The molecule has 33 heavy (non-hydrogen) atoms. The van der Waals surface area contributed by atoms with Gasteiger partial charge in [-0.2, -0.15) is 0 Å². The Balaban J connectivity index is 1.43. The number of rotatable bonds is 8. The number of benzene rings is 3. The Morgan fingerprint density at radius 3 is 2.61 bits per heavy atom. The summed E-state index contributed by atoms with van der Waals surface area (Å²) < 4.78 is 18.9.